The standard InChI is InChI=1S/C14H18F2O2/c1-4-18-13(17)14(15,16)12-7-5-11(6-8-12)9-10(2)3/h5-8,10H,4,9H2,1-3H3. The fourth-order valence-electron chi connectivity index (χ4n) is 1.66. The van der Waals surface area contributed by atoms with Crippen LogP contribution in [-0.4, -0.2) is 12.6 Å². The molecular weight excluding hydrogens is 238 g/mol. The Morgan fingerprint density at radius 3 is 2.28 bits per heavy atom. The third kappa shape index (κ3) is 3.52. The Morgan fingerprint density at radius 2 is 1.83 bits per heavy atom. The van der Waals surface area contributed by atoms with E-state index in [0.717, 1.165) is 12.0 Å². The van der Waals surface area contributed by atoms with Gasteiger partial charge in [-0.15, -0.1) is 0 Å². The van der Waals surface area contributed by atoms with E-state index in [4.69, 9.17) is 0 Å². The first kappa shape index (κ1) is 14.6. The van der Waals surface area contributed by atoms with E-state index >= 15 is 0 Å². The fourth-order valence-corrected chi connectivity index (χ4v) is 1.66. The van der Waals surface area contributed by atoms with Crippen LogP contribution in [0, 0.1) is 5.92 Å². The molecule has 1 aromatic rings. The van der Waals surface area contributed by atoms with Gasteiger partial charge in [-0.2, -0.15) is 8.78 Å². The van der Waals surface area contributed by atoms with Crippen molar-refractivity contribution in [3.05, 3.63) is 35.4 Å². The Kier molecular flexibility index (Phi) is 4.82. The molecular formula is C14H18F2O2. The number of halogens is 2. The molecule has 0 fully saturated rings. The van der Waals surface area contributed by atoms with Gasteiger partial charge in [-0.05, 0) is 24.8 Å². The molecule has 0 aliphatic heterocycles. The number of hydrogen-bond acceptors (Lipinski definition) is 2. The van der Waals surface area contributed by atoms with E-state index < -0.39 is 11.9 Å². The number of esters is 1. The first-order valence-corrected chi connectivity index (χ1v) is 6.02. The molecule has 0 bridgehead atoms. The smallest absolute Gasteiger partial charge is 0.381 e. The van der Waals surface area contributed by atoms with Crippen molar-refractivity contribution in [2.45, 2.75) is 33.1 Å². The Bertz CT molecular complexity index is 397. The largest absolute Gasteiger partial charge is 0.461 e. The van der Waals surface area contributed by atoms with Crippen LogP contribution in [0.1, 0.15) is 31.9 Å². The van der Waals surface area contributed by atoms with Crippen LogP contribution in [0.4, 0.5) is 8.78 Å². The molecule has 0 heterocycles. The number of alkyl halides is 2. The zero-order valence-corrected chi connectivity index (χ0v) is 10.9. The van der Waals surface area contributed by atoms with Crippen molar-refractivity contribution in [1.82, 2.24) is 0 Å². The second kappa shape index (κ2) is 5.94. The minimum absolute atomic E-state index is 0.0557. The van der Waals surface area contributed by atoms with Crippen molar-refractivity contribution < 1.29 is 18.3 Å². The molecule has 0 atom stereocenters. The number of hydrogen-bond donors (Lipinski definition) is 0. The lowest BCUT2D eigenvalue weighted by molar-refractivity contribution is -0.173. The third-order valence-electron chi connectivity index (χ3n) is 2.49. The Morgan fingerprint density at radius 1 is 1.28 bits per heavy atom. The molecule has 100 valence electrons. The van der Waals surface area contributed by atoms with Crippen molar-refractivity contribution in [3.63, 3.8) is 0 Å². The summed E-state index contributed by atoms with van der Waals surface area (Å²) in [5, 5.41) is 0. The van der Waals surface area contributed by atoms with E-state index in [1.54, 1.807) is 12.1 Å². The molecule has 18 heavy (non-hydrogen) atoms. The Hall–Kier alpha value is -1.45. The molecule has 0 aromatic heterocycles. The zero-order chi connectivity index (χ0) is 13.8. The summed E-state index contributed by atoms with van der Waals surface area (Å²) in [5.74, 6) is -4.62. The maximum absolute atomic E-state index is 13.7. The highest BCUT2D eigenvalue weighted by Crippen LogP contribution is 2.29. The van der Waals surface area contributed by atoms with Gasteiger partial charge in [-0.3, -0.25) is 0 Å². The van der Waals surface area contributed by atoms with E-state index in [-0.39, 0.29) is 12.2 Å². The molecule has 0 saturated heterocycles. The normalized spacial score (nSPS) is 11.7. The van der Waals surface area contributed by atoms with Gasteiger partial charge < -0.3 is 4.74 Å². The first-order chi connectivity index (χ1) is 8.37. The van der Waals surface area contributed by atoms with E-state index in [2.05, 4.69) is 18.6 Å². The molecule has 0 amide bonds. The second-order valence-corrected chi connectivity index (χ2v) is 4.59. The average molecular weight is 256 g/mol. The zero-order valence-electron chi connectivity index (χ0n) is 10.9. The van der Waals surface area contributed by atoms with E-state index in [1.165, 1.54) is 19.1 Å². The molecule has 0 spiro atoms. The minimum atomic E-state index is -3.58. The van der Waals surface area contributed by atoms with Gasteiger partial charge in [0, 0.05) is 5.56 Å². The highest BCUT2D eigenvalue weighted by atomic mass is 19.3. The maximum atomic E-state index is 13.7. The predicted molar refractivity (Wildman–Crippen MR) is 65.5 cm³/mol. The average Bonchev–Trinajstić information content (AvgIpc) is 2.29. The SMILES string of the molecule is CCOC(=O)C(F)(F)c1ccc(CC(C)C)cc1. The maximum Gasteiger partial charge on any atom is 0.381 e. The summed E-state index contributed by atoms with van der Waals surface area (Å²) in [4.78, 5) is 11.2. The number of carbonyl (C=O) groups is 1. The molecule has 1 rings (SSSR count). The van der Waals surface area contributed by atoms with Crippen LogP contribution >= 0.6 is 0 Å². The van der Waals surface area contributed by atoms with Crippen LogP contribution < -0.4 is 0 Å². The molecule has 0 saturated carbocycles. The van der Waals surface area contributed by atoms with E-state index in [9.17, 15) is 13.6 Å². The van der Waals surface area contributed by atoms with Crippen LogP contribution in [0.5, 0.6) is 0 Å². The topological polar surface area (TPSA) is 26.3 Å². The molecule has 2 nitrogen and oxygen atoms in total. The summed E-state index contributed by atoms with van der Waals surface area (Å²) in [6, 6.07) is 5.83. The van der Waals surface area contributed by atoms with Gasteiger partial charge >= 0.3 is 11.9 Å². The monoisotopic (exact) mass is 256 g/mol. The summed E-state index contributed by atoms with van der Waals surface area (Å²) < 4.78 is 31.7. The molecule has 0 aliphatic carbocycles. The van der Waals surface area contributed by atoms with Gasteiger partial charge in [0.2, 0.25) is 0 Å². The number of ether oxygens (including phenoxy) is 1. The van der Waals surface area contributed by atoms with Gasteiger partial charge in [0.15, 0.2) is 0 Å². The van der Waals surface area contributed by atoms with Crippen LogP contribution in [-0.2, 0) is 21.9 Å². The third-order valence-corrected chi connectivity index (χ3v) is 2.49. The van der Waals surface area contributed by atoms with Crippen molar-refractivity contribution >= 4 is 5.97 Å². The van der Waals surface area contributed by atoms with Gasteiger partial charge in [0.25, 0.3) is 0 Å². The highest BCUT2D eigenvalue weighted by molar-refractivity contribution is 5.79. The van der Waals surface area contributed by atoms with E-state index in [1.807, 2.05) is 0 Å². The van der Waals surface area contributed by atoms with Crippen molar-refractivity contribution in [2.75, 3.05) is 6.61 Å². The van der Waals surface area contributed by atoms with Gasteiger partial charge in [0.1, 0.15) is 0 Å². The van der Waals surface area contributed by atoms with Gasteiger partial charge in [-0.25, -0.2) is 4.79 Å². The Balaban J connectivity index is 2.86. The Labute approximate surface area is 106 Å². The lowest BCUT2D eigenvalue weighted by Gasteiger charge is -2.15. The quantitative estimate of drug-likeness (QED) is 0.753. The summed E-state index contributed by atoms with van der Waals surface area (Å²) >= 11 is 0. The van der Waals surface area contributed by atoms with Crippen molar-refractivity contribution in [3.8, 4) is 0 Å². The predicted octanol–water partition coefficient (Wildman–Crippen LogP) is 3.54. The van der Waals surface area contributed by atoms with Gasteiger partial charge in [0.05, 0.1) is 6.61 Å². The molecule has 4 heteroatoms. The highest BCUT2D eigenvalue weighted by Gasteiger charge is 2.42. The van der Waals surface area contributed by atoms with Crippen LogP contribution in [0.2, 0.25) is 0 Å². The van der Waals surface area contributed by atoms with Crippen molar-refractivity contribution in [2.24, 2.45) is 5.92 Å². The molecule has 0 radical (unpaired) electrons. The summed E-state index contributed by atoms with van der Waals surface area (Å²) in [7, 11) is 0. The molecule has 1 aromatic carbocycles. The summed E-state index contributed by atoms with van der Waals surface area (Å²) in [6.45, 7) is 5.56. The lowest BCUT2D eigenvalue weighted by atomic mass is 10.00. The van der Waals surface area contributed by atoms with E-state index in [0.29, 0.717) is 5.92 Å². The minimum Gasteiger partial charge on any atom is -0.461 e. The number of rotatable bonds is 5. The summed E-state index contributed by atoms with van der Waals surface area (Å²) in [6.07, 6.45) is 0.825. The fraction of sp³-hybridized carbons (Fsp3) is 0.500. The second-order valence-electron chi connectivity index (χ2n) is 4.59. The van der Waals surface area contributed by atoms with Crippen LogP contribution in [0.3, 0.4) is 0 Å². The van der Waals surface area contributed by atoms with Crippen LogP contribution in [0.15, 0.2) is 24.3 Å². The van der Waals surface area contributed by atoms with Gasteiger partial charge in [-0.1, -0.05) is 38.1 Å². The molecule has 0 N–H and O–H groups in total. The van der Waals surface area contributed by atoms with Crippen molar-refractivity contribution in [1.29, 1.82) is 0 Å². The number of carbonyl (C=O) groups excluding carboxylic acids is 1. The summed E-state index contributed by atoms with van der Waals surface area (Å²) in [5.41, 5.74) is 0.655. The lowest BCUT2D eigenvalue weighted by Crippen LogP contribution is -2.28. The first-order valence-electron chi connectivity index (χ1n) is 6.02. The molecule has 0 unspecified atom stereocenters. The van der Waals surface area contributed by atoms with Crippen LogP contribution in [0.25, 0.3) is 0 Å². The number of benzene rings is 1. The molecule has 0 aliphatic rings.